The van der Waals surface area contributed by atoms with Crippen LogP contribution in [-0.2, 0) is 0 Å². The fraction of sp³-hybridized carbons (Fsp3) is 0. The molecule has 0 fully saturated rings. The molecule has 0 saturated heterocycles. The molecule has 0 saturated carbocycles. The van der Waals surface area contributed by atoms with E-state index < -0.39 is 0 Å². The van der Waals surface area contributed by atoms with E-state index in [2.05, 4.69) is 0 Å². The van der Waals surface area contributed by atoms with Crippen LogP contribution < -0.4 is 0 Å². The molecule has 0 radical (unpaired) electrons. The lowest BCUT2D eigenvalue weighted by atomic mass is 10.1. The van der Waals surface area contributed by atoms with Gasteiger partial charge in [0.05, 0.1) is 0 Å². The molecule has 0 spiro atoms. The summed E-state index contributed by atoms with van der Waals surface area (Å²) in [5, 5.41) is 0. The first kappa shape index (κ1) is 10.5. The number of benzene rings is 2. The van der Waals surface area contributed by atoms with Crippen molar-refractivity contribution >= 4 is 22.6 Å². The van der Waals surface area contributed by atoms with Crippen molar-refractivity contribution in [3.8, 4) is 11.1 Å². The van der Waals surface area contributed by atoms with Crippen molar-refractivity contribution in [2.75, 3.05) is 0 Å². The van der Waals surface area contributed by atoms with Gasteiger partial charge in [-0.25, -0.2) is 8.78 Å². The highest BCUT2D eigenvalue weighted by molar-refractivity contribution is 14.1. The van der Waals surface area contributed by atoms with E-state index in [1.165, 1.54) is 12.1 Å². The second kappa shape index (κ2) is 4.26. The summed E-state index contributed by atoms with van der Waals surface area (Å²) in [5.74, 6) is -0.574. The van der Waals surface area contributed by atoms with Gasteiger partial charge in [0.25, 0.3) is 0 Å². The van der Waals surface area contributed by atoms with Gasteiger partial charge in [0.1, 0.15) is 11.6 Å². The molecule has 2 aromatic rings. The number of rotatable bonds is 1. The highest BCUT2D eigenvalue weighted by Crippen LogP contribution is 2.25. The van der Waals surface area contributed by atoms with E-state index in [4.69, 9.17) is 0 Å². The standard InChI is InChI=1S/C12H7F2I/c13-10-4-2-1-3-9(10)8-5-6-11(14)12(15)7-8/h1-7H. The maximum Gasteiger partial charge on any atom is 0.136 e. The van der Waals surface area contributed by atoms with Crippen LogP contribution in [0, 0.1) is 15.2 Å². The van der Waals surface area contributed by atoms with E-state index in [1.54, 1.807) is 30.3 Å². The van der Waals surface area contributed by atoms with E-state index in [-0.39, 0.29) is 11.6 Å². The van der Waals surface area contributed by atoms with Crippen molar-refractivity contribution in [1.29, 1.82) is 0 Å². The van der Waals surface area contributed by atoms with Gasteiger partial charge in [-0.3, -0.25) is 0 Å². The fourth-order valence-electron chi connectivity index (χ4n) is 1.36. The zero-order chi connectivity index (χ0) is 10.8. The Morgan fingerprint density at radius 1 is 0.867 bits per heavy atom. The number of hydrogen-bond donors (Lipinski definition) is 0. The van der Waals surface area contributed by atoms with Gasteiger partial charge in [-0.2, -0.15) is 0 Å². The van der Waals surface area contributed by atoms with Crippen LogP contribution in [-0.4, -0.2) is 0 Å². The summed E-state index contributed by atoms with van der Waals surface area (Å²) in [6, 6.07) is 11.0. The van der Waals surface area contributed by atoms with Gasteiger partial charge in [0.2, 0.25) is 0 Å². The highest BCUT2D eigenvalue weighted by atomic mass is 127. The quantitative estimate of drug-likeness (QED) is 0.691. The fourth-order valence-corrected chi connectivity index (χ4v) is 1.87. The molecule has 0 aliphatic carbocycles. The Bertz CT molecular complexity index is 495. The van der Waals surface area contributed by atoms with Gasteiger partial charge in [0.15, 0.2) is 0 Å². The zero-order valence-corrected chi connectivity index (χ0v) is 9.83. The van der Waals surface area contributed by atoms with E-state index in [0.717, 1.165) is 0 Å². The molecule has 0 atom stereocenters. The van der Waals surface area contributed by atoms with Gasteiger partial charge in [-0.05, 0) is 46.4 Å². The van der Waals surface area contributed by atoms with Crippen molar-refractivity contribution in [3.05, 3.63) is 57.7 Å². The van der Waals surface area contributed by atoms with E-state index >= 15 is 0 Å². The Morgan fingerprint density at radius 3 is 2.27 bits per heavy atom. The largest absolute Gasteiger partial charge is 0.206 e. The van der Waals surface area contributed by atoms with Crippen molar-refractivity contribution in [2.45, 2.75) is 0 Å². The lowest BCUT2D eigenvalue weighted by Gasteiger charge is -2.04. The Labute approximate surface area is 100 Å². The summed E-state index contributed by atoms with van der Waals surface area (Å²) < 4.78 is 26.9. The van der Waals surface area contributed by atoms with Crippen LogP contribution in [0.3, 0.4) is 0 Å². The molecule has 0 aromatic heterocycles. The number of hydrogen-bond acceptors (Lipinski definition) is 0. The minimum Gasteiger partial charge on any atom is -0.206 e. The third kappa shape index (κ3) is 2.17. The molecule has 0 unspecified atom stereocenters. The molecule has 15 heavy (non-hydrogen) atoms. The van der Waals surface area contributed by atoms with Crippen molar-refractivity contribution < 1.29 is 8.78 Å². The van der Waals surface area contributed by atoms with E-state index in [9.17, 15) is 8.78 Å². The van der Waals surface area contributed by atoms with E-state index in [1.807, 2.05) is 22.6 Å². The van der Waals surface area contributed by atoms with Gasteiger partial charge in [-0.1, -0.05) is 24.3 Å². The average Bonchev–Trinajstić information content (AvgIpc) is 2.23. The summed E-state index contributed by atoms with van der Waals surface area (Å²) in [4.78, 5) is 0. The summed E-state index contributed by atoms with van der Waals surface area (Å²) >= 11 is 1.89. The van der Waals surface area contributed by atoms with E-state index in [0.29, 0.717) is 14.7 Å². The first-order valence-corrected chi connectivity index (χ1v) is 5.46. The van der Waals surface area contributed by atoms with Crippen molar-refractivity contribution in [2.24, 2.45) is 0 Å². The third-order valence-corrected chi connectivity index (χ3v) is 2.93. The Kier molecular flexibility index (Phi) is 3.00. The molecule has 2 rings (SSSR count). The van der Waals surface area contributed by atoms with Gasteiger partial charge in [0, 0.05) is 9.13 Å². The summed E-state index contributed by atoms with van der Waals surface area (Å²) in [5.41, 5.74) is 1.19. The molecule has 3 heteroatoms. The SMILES string of the molecule is Fc1ccc(-c2ccccc2F)cc1I. The average molecular weight is 316 g/mol. The van der Waals surface area contributed by atoms with Crippen LogP contribution in [0.2, 0.25) is 0 Å². The molecule has 0 bridgehead atoms. The molecule has 0 aliphatic rings. The van der Waals surface area contributed by atoms with Gasteiger partial charge in [-0.15, -0.1) is 0 Å². The molecule has 0 heterocycles. The van der Waals surface area contributed by atoms with Crippen molar-refractivity contribution in [1.82, 2.24) is 0 Å². The smallest absolute Gasteiger partial charge is 0.136 e. The molecule has 0 nitrogen and oxygen atoms in total. The topological polar surface area (TPSA) is 0 Å². The van der Waals surface area contributed by atoms with Gasteiger partial charge < -0.3 is 0 Å². The summed E-state index contributed by atoms with van der Waals surface area (Å²) in [6.45, 7) is 0. The lowest BCUT2D eigenvalue weighted by molar-refractivity contribution is 0.619. The Balaban J connectivity index is 2.55. The zero-order valence-electron chi connectivity index (χ0n) is 7.68. The summed E-state index contributed by atoms with van der Waals surface area (Å²) in [7, 11) is 0. The molecular formula is C12H7F2I. The molecular weight excluding hydrogens is 309 g/mol. The van der Waals surface area contributed by atoms with Crippen LogP contribution in [0.15, 0.2) is 42.5 Å². The van der Waals surface area contributed by atoms with Crippen LogP contribution >= 0.6 is 22.6 Å². The maximum absolute atomic E-state index is 13.4. The molecule has 0 amide bonds. The lowest BCUT2D eigenvalue weighted by Crippen LogP contribution is -1.86. The van der Waals surface area contributed by atoms with Gasteiger partial charge >= 0.3 is 0 Å². The van der Waals surface area contributed by atoms with Crippen LogP contribution in [0.1, 0.15) is 0 Å². The Hall–Kier alpha value is -0.970. The second-order valence-corrected chi connectivity index (χ2v) is 4.27. The minimum absolute atomic E-state index is 0.282. The molecule has 2 aromatic carbocycles. The predicted octanol–water partition coefficient (Wildman–Crippen LogP) is 4.24. The maximum atomic E-state index is 13.4. The second-order valence-electron chi connectivity index (χ2n) is 3.11. The van der Waals surface area contributed by atoms with Crippen LogP contribution in [0.4, 0.5) is 8.78 Å². The van der Waals surface area contributed by atoms with Crippen molar-refractivity contribution in [3.63, 3.8) is 0 Å². The van der Waals surface area contributed by atoms with Crippen LogP contribution in [0.25, 0.3) is 11.1 Å². The highest BCUT2D eigenvalue weighted by Gasteiger charge is 2.06. The third-order valence-electron chi connectivity index (χ3n) is 2.10. The molecule has 0 N–H and O–H groups in total. The molecule has 0 aliphatic heterocycles. The predicted molar refractivity (Wildman–Crippen MR) is 64.5 cm³/mol. The monoisotopic (exact) mass is 316 g/mol. The summed E-state index contributed by atoms with van der Waals surface area (Å²) in [6.07, 6.45) is 0. The molecule has 76 valence electrons. The minimum atomic E-state index is -0.292. The Morgan fingerprint density at radius 2 is 1.60 bits per heavy atom. The normalized spacial score (nSPS) is 10.3. The van der Waals surface area contributed by atoms with Crippen LogP contribution in [0.5, 0.6) is 0 Å². The first-order valence-electron chi connectivity index (χ1n) is 4.38. The number of halogens is 3. The first-order chi connectivity index (χ1) is 7.18.